The van der Waals surface area contributed by atoms with Gasteiger partial charge in [0.25, 0.3) is 5.91 Å². The van der Waals surface area contributed by atoms with Gasteiger partial charge in [-0.1, -0.05) is 24.4 Å². The fourth-order valence-corrected chi connectivity index (χ4v) is 2.95. The summed E-state index contributed by atoms with van der Waals surface area (Å²) < 4.78 is 33.1. The van der Waals surface area contributed by atoms with E-state index in [4.69, 9.17) is 9.94 Å². The highest BCUT2D eigenvalue weighted by Crippen LogP contribution is 2.32. The number of aliphatic hydroxyl groups is 2. The average molecular weight is 491 g/mol. The summed E-state index contributed by atoms with van der Waals surface area (Å²) in [5.41, 5.74) is 2.17. The molecule has 2 aromatic carbocycles. The van der Waals surface area contributed by atoms with Gasteiger partial charge in [0.15, 0.2) is 5.82 Å². The third kappa shape index (κ3) is 7.04. The van der Waals surface area contributed by atoms with Crippen LogP contribution in [0.1, 0.15) is 29.8 Å². The number of nitrogens with one attached hydrogen (secondary N) is 2. The van der Waals surface area contributed by atoms with Crippen molar-refractivity contribution in [1.82, 2.24) is 15.1 Å². The average Bonchev–Trinajstić information content (AvgIpc) is 3.28. The molecule has 0 saturated carbocycles. The molecule has 176 valence electrons. The smallest absolute Gasteiger partial charge is 0.277 e. The van der Waals surface area contributed by atoms with Crippen molar-refractivity contribution in [3.63, 3.8) is 0 Å². The maximum atomic E-state index is 15.0. The maximum Gasteiger partial charge on any atom is 0.277 e. The van der Waals surface area contributed by atoms with Crippen LogP contribution in [0.5, 0.6) is 0 Å². The van der Waals surface area contributed by atoms with Gasteiger partial charge in [-0.05, 0) is 42.2 Å². The lowest BCUT2D eigenvalue weighted by Gasteiger charge is -2.15. The van der Waals surface area contributed by atoms with Crippen molar-refractivity contribution in [2.24, 2.45) is 0 Å². The molecule has 1 unspecified atom stereocenters. The SMILES string of the molecule is CC.CCl.Cc1ccc(Nc2c(C(=O)NOCC(O)CO)cc3snnc3c2F)c(F)c1. The van der Waals surface area contributed by atoms with Crippen LogP contribution >= 0.6 is 23.1 Å². The number of amides is 1. The Labute approximate surface area is 193 Å². The molecule has 0 fully saturated rings. The number of rotatable bonds is 7. The quantitative estimate of drug-likeness (QED) is 0.293. The Morgan fingerprint density at radius 2 is 1.97 bits per heavy atom. The standard InChI is InChI=1S/C17H16F2N4O4S.C2H6.CH3Cl/c1-8-2-3-12(11(18)4-8)20-15-10(17(26)22-27-7-9(25)6-24)5-13-16(14(15)19)21-23-28-13;2*1-2/h2-5,9,20,24-25H,6-7H2,1H3,(H,22,26);1-2H3;1H3. The largest absolute Gasteiger partial charge is 0.394 e. The number of alkyl halides is 1. The third-order valence-electron chi connectivity index (χ3n) is 3.77. The molecule has 0 spiro atoms. The Bertz CT molecular complexity index is 1020. The molecule has 1 amide bonds. The van der Waals surface area contributed by atoms with Crippen LogP contribution in [0.3, 0.4) is 0 Å². The lowest BCUT2D eigenvalue weighted by atomic mass is 10.1. The van der Waals surface area contributed by atoms with Crippen molar-refractivity contribution >= 4 is 50.6 Å². The van der Waals surface area contributed by atoms with Crippen molar-refractivity contribution in [3.8, 4) is 0 Å². The second-order valence-corrected chi connectivity index (χ2v) is 6.71. The fourth-order valence-electron chi connectivity index (χ4n) is 2.35. The lowest BCUT2D eigenvalue weighted by molar-refractivity contribution is -0.0295. The predicted octanol–water partition coefficient (Wildman–Crippen LogP) is 3.92. The van der Waals surface area contributed by atoms with Crippen molar-refractivity contribution in [2.75, 3.05) is 24.9 Å². The van der Waals surface area contributed by atoms with Gasteiger partial charge in [0.05, 0.1) is 28.2 Å². The van der Waals surface area contributed by atoms with Crippen molar-refractivity contribution in [1.29, 1.82) is 0 Å². The number of hydrogen-bond donors (Lipinski definition) is 4. The fraction of sp³-hybridized carbons (Fsp3) is 0.350. The summed E-state index contributed by atoms with van der Waals surface area (Å²) in [6.45, 7) is 4.78. The highest BCUT2D eigenvalue weighted by molar-refractivity contribution is 7.13. The molecule has 32 heavy (non-hydrogen) atoms. The molecular formula is C20H25ClF2N4O4S. The molecule has 1 heterocycles. The molecule has 0 aliphatic carbocycles. The molecule has 0 aliphatic heterocycles. The number of anilines is 2. The van der Waals surface area contributed by atoms with Crippen molar-refractivity contribution in [2.45, 2.75) is 26.9 Å². The first-order valence-electron chi connectivity index (χ1n) is 9.47. The molecule has 0 aliphatic rings. The Hall–Kier alpha value is -2.44. The van der Waals surface area contributed by atoms with E-state index in [-0.39, 0.29) is 29.1 Å². The number of aliphatic hydroxyl groups excluding tert-OH is 2. The van der Waals surface area contributed by atoms with E-state index in [9.17, 15) is 18.7 Å². The number of nitrogens with zero attached hydrogens (tertiary/aromatic N) is 2. The minimum Gasteiger partial charge on any atom is -0.394 e. The van der Waals surface area contributed by atoms with Crippen LogP contribution in [-0.4, -0.2) is 51.4 Å². The first kappa shape index (κ1) is 27.6. The number of carbonyl (C=O) groups excluding carboxylic acids is 1. The van der Waals surface area contributed by atoms with Crippen LogP contribution in [0.15, 0.2) is 24.3 Å². The summed E-state index contributed by atoms with van der Waals surface area (Å²) in [6, 6.07) is 5.66. The van der Waals surface area contributed by atoms with Gasteiger partial charge in [-0.15, -0.1) is 16.7 Å². The van der Waals surface area contributed by atoms with Gasteiger partial charge in [0, 0.05) is 6.38 Å². The van der Waals surface area contributed by atoms with E-state index >= 15 is 0 Å². The van der Waals surface area contributed by atoms with Gasteiger partial charge < -0.3 is 15.5 Å². The van der Waals surface area contributed by atoms with E-state index in [0.29, 0.717) is 10.3 Å². The minimum absolute atomic E-state index is 0.0299. The van der Waals surface area contributed by atoms with E-state index in [1.807, 2.05) is 13.8 Å². The molecule has 8 nitrogen and oxygen atoms in total. The highest BCUT2D eigenvalue weighted by atomic mass is 35.5. The monoisotopic (exact) mass is 490 g/mol. The molecule has 0 saturated heterocycles. The van der Waals surface area contributed by atoms with E-state index < -0.39 is 30.3 Å². The van der Waals surface area contributed by atoms with Crippen LogP contribution in [-0.2, 0) is 4.84 Å². The van der Waals surface area contributed by atoms with E-state index in [0.717, 1.165) is 11.5 Å². The number of carbonyl (C=O) groups is 1. The Balaban J connectivity index is 0.00000121. The second kappa shape index (κ2) is 13.9. The maximum absolute atomic E-state index is 15.0. The molecular weight excluding hydrogens is 466 g/mol. The predicted molar refractivity (Wildman–Crippen MR) is 121 cm³/mol. The van der Waals surface area contributed by atoms with E-state index in [2.05, 4.69) is 32.0 Å². The lowest BCUT2D eigenvalue weighted by Crippen LogP contribution is -2.30. The second-order valence-electron chi connectivity index (χ2n) is 5.92. The molecule has 12 heteroatoms. The molecule has 0 radical (unpaired) electrons. The summed E-state index contributed by atoms with van der Waals surface area (Å²) in [7, 11) is 0. The number of hydrogen-bond acceptors (Lipinski definition) is 8. The van der Waals surface area contributed by atoms with Crippen LogP contribution < -0.4 is 10.8 Å². The van der Waals surface area contributed by atoms with Gasteiger partial charge in [-0.25, -0.2) is 14.3 Å². The zero-order valence-corrected chi connectivity index (χ0v) is 19.5. The topological polar surface area (TPSA) is 117 Å². The van der Waals surface area contributed by atoms with Gasteiger partial charge in [-0.3, -0.25) is 9.63 Å². The molecule has 3 rings (SSSR count). The van der Waals surface area contributed by atoms with E-state index in [1.165, 1.54) is 24.6 Å². The van der Waals surface area contributed by atoms with Gasteiger partial charge >= 0.3 is 0 Å². The number of halogens is 3. The first-order chi connectivity index (χ1) is 15.4. The van der Waals surface area contributed by atoms with Crippen LogP contribution in [0, 0.1) is 18.6 Å². The highest BCUT2D eigenvalue weighted by Gasteiger charge is 2.22. The molecule has 4 N–H and O–H groups in total. The third-order valence-corrected chi connectivity index (χ3v) is 4.44. The first-order valence-corrected chi connectivity index (χ1v) is 11.0. The molecule has 3 aromatic rings. The zero-order chi connectivity index (χ0) is 24.3. The molecule has 1 atom stereocenters. The minimum atomic E-state index is -1.19. The summed E-state index contributed by atoms with van der Waals surface area (Å²) in [5.74, 6) is -2.33. The van der Waals surface area contributed by atoms with Crippen molar-refractivity contribution < 1.29 is 28.6 Å². The number of aryl methyl sites for hydroxylation is 1. The summed E-state index contributed by atoms with van der Waals surface area (Å²) >= 11 is 5.53. The normalized spacial score (nSPS) is 11.0. The number of hydroxylamine groups is 1. The summed E-state index contributed by atoms with van der Waals surface area (Å²) in [6.07, 6.45) is 0.282. The summed E-state index contributed by atoms with van der Waals surface area (Å²) in [5, 5.41) is 24.3. The van der Waals surface area contributed by atoms with Crippen LogP contribution in [0.4, 0.5) is 20.2 Å². The van der Waals surface area contributed by atoms with Gasteiger partial charge in [0.2, 0.25) is 0 Å². The Morgan fingerprint density at radius 1 is 1.28 bits per heavy atom. The molecule has 1 aromatic heterocycles. The number of benzene rings is 2. The van der Waals surface area contributed by atoms with Crippen LogP contribution in [0.2, 0.25) is 0 Å². The van der Waals surface area contributed by atoms with Gasteiger partial charge in [-0.2, -0.15) is 0 Å². The van der Waals surface area contributed by atoms with Crippen molar-refractivity contribution in [3.05, 3.63) is 47.0 Å². The van der Waals surface area contributed by atoms with Gasteiger partial charge in [0.1, 0.15) is 24.0 Å². The summed E-state index contributed by atoms with van der Waals surface area (Å²) in [4.78, 5) is 17.3. The zero-order valence-electron chi connectivity index (χ0n) is 17.9. The molecule has 0 bridgehead atoms. The Kier molecular flexibility index (Phi) is 12.0. The van der Waals surface area contributed by atoms with E-state index in [1.54, 1.807) is 13.0 Å². The number of fused-ring (bicyclic) bond motifs is 1. The Morgan fingerprint density at radius 3 is 2.59 bits per heavy atom. The van der Waals surface area contributed by atoms with Crippen LogP contribution in [0.25, 0.3) is 10.2 Å². The number of aromatic nitrogens is 2.